The molecule has 5 aliphatic carbocycles. The van der Waals surface area contributed by atoms with Gasteiger partial charge in [-0.25, -0.2) is 0 Å². The van der Waals surface area contributed by atoms with Crippen molar-refractivity contribution in [2.45, 2.75) is 88.6 Å². The van der Waals surface area contributed by atoms with E-state index in [1.807, 2.05) is 0 Å². The first-order chi connectivity index (χ1) is 11.7. The average Bonchev–Trinajstić information content (AvgIpc) is 2.53. The minimum absolute atomic E-state index is 0.188. The van der Waals surface area contributed by atoms with Gasteiger partial charge >= 0.3 is 0 Å². The van der Waals surface area contributed by atoms with Crippen LogP contribution in [0.25, 0.3) is 0 Å². The molecule has 6 rings (SSSR count). The summed E-state index contributed by atoms with van der Waals surface area (Å²) >= 11 is 0. The first-order valence-electron chi connectivity index (χ1n) is 10.7. The van der Waals surface area contributed by atoms with Crippen LogP contribution >= 0.6 is 0 Å². The van der Waals surface area contributed by atoms with Crippen molar-refractivity contribution in [1.29, 1.82) is 0 Å². The smallest absolute Gasteiger partial charge is 0.234 e. The van der Waals surface area contributed by atoms with Crippen LogP contribution in [0.2, 0.25) is 0 Å². The maximum atomic E-state index is 12.9. The Morgan fingerprint density at radius 1 is 0.917 bits per heavy atom. The van der Waals surface area contributed by atoms with Crippen LogP contribution < -0.4 is 5.32 Å². The highest BCUT2D eigenvalue weighted by Gasteiger charge is 2.51. The molecule has 0 radical (unpaired) electrons. The van der Waals surface area contributed by atoms with Gasteiger partial charge in [-0.1, -0.05) is 12.8 Å². The summed E-state index contributed by atoms with van der Waals surface area (Å²) < 4.78 is 0. The average molecular weight is 331 g/mol. The predicted molar refractivity (Wildman–Crippen MR) is 95.6 cm³/mol. The van der Waals surface area contributed by atoms with Crippen LogP contribution in [-0.4, -0.2) is 35.5 Å². The van der Waals surface area contributed by atoms with Gasteiger partial charge in [-0.3, -0.25) is 9.69 Å². The largest absolute Gasteiger partial charge is 0.350 e. The fraction of sp³-hybridized carbons (Fsp3) is 0.952. The van der Waals surface area contributed by atoms with Crippen LogP contribution in [0.3, 0.4) is 0 Å². The monoisotopic (exact) mass is 330 g/mol. The molecule has 3 nitrogen and oxygen atoms in total. The Hall–Kier alpha value is -0.570. The number of amides is 1. The molecule has 5 saturated carbocycles. The molecule has 3 heteroatoms. The van der Waals surface area contributed by atoms with E-state index in [9.17, 15) is 4.79 Å². The molecule has 1 N–H and O–H groups in total. The van der Waals surface area contributed by atoms with E-state index in [1.165, 1.54) is 77.0 Å². The lowest BCUT2D eigenvalue weighted by atomic mass is 9.53. The lowest BCUT2D eigenvalue weighted by molar-refractivity contribution is -0.129. The molecule has 6 fully saturated rings. The Labute approximate surface area is 146 Å². The summed E-state index contributed by atoms with van der Waals surface area (Å²) in [4.78, 5) is 15.5. The van der Waals surface area contributed by atoms with E-state index in [-0.39, 0.29) is 5.54 Å². The van der Waals surface area contributed by atoms with Crippen molar-refractivity contribution >= 4 is 5.91 Å². The van der Waals surface area contributed by atoms with Crippen molar-refractivity contribution in [3.8, 4) is 0 Å². The van der Waals surface area contributed by atoms with Gasteiger partial charge in [0.15, 0.2) is 0 Å². The number of carbonyl (C=O) groups excluding carboxylic acids is 1. The number of fused-ring (bicyclic) bond motifs is 1. The van der Waals surface area contributed by atoms with Crippen LogP contribution in [0, 0.1) is 23.7 Å². The van der Waals surface area contributed by atoms with Crippen LogP contribution in [-0.2, 0) is 4.79 Å². The van der Waals surface area contributed by atoms with Gasteiger partial charge in [-0.15, -0.1) is 0 Å². The zero-order valence-electron chi connectivity index (χ0n) is 15.1. The number of likely N-dealkylation sites (tertiary alicyclic amines) is 1. The first-order valence-corrected chi connectivity index (χ1v) is 10.7. The van der Waals surface area contributed by atoms with E-state index in [0.717, 1.165) is 30.2 Å². The van der Waals surface area contributed by atoms with E-state index in [2.05, 4.69) is 10.2 Å². The molecule has 6 aliphatic rings. The fourth-order valence-electron chi connectivity index (χ4n) is 7.71. The van der Waals surface area contributed by atoms with Gasteiger partial charge < -0.3 is 5.32 Å². The molecule has 134 valence electrons. The molecule has 1 aliphatic heterocycles. The van der Waals surface area contributed by atoms with E-state index >= 15 is 0 Å². The first kappa shape index (κ1) is 15.7. The quantitative estimate of drug-likeness (QED) is 0.855. The molecule has 0 aromatic carbocycles. The Bertz CT molecular complexity index is 465. The zero-order valence-corrected chi connectivity index (χ0v) is 15.1. The lowest BCUT2D eigenvalue weighted by Crippen LogP contribution is -2.61. The second kappa shape index (κ2) is 6.00. The fourth-order valence-corrected chi connectivity index (χ4v) is 7.71. The van der Waals surface area contributed by atoms with Crippen molar-refractivity contribution in [3.63, 3.8) is 0 Å². The summed E-state index contributed by atoms with van der Waals surface area (Å²) in [6.45, 7) is 1.82. The number of nitrogens with one attached hydrogen (secondary N) is 1. The maximum absolute atomic E-state index is 12.9. The van der Waals surface area contributed by atoms with Crippen molar-refractivity contribution in [2.75, 3.05) is 13.1 Å². The van der Waals surface area contributed by atoms with E-state index < -0.39 is 0 Å². The molecule has 2 atom stereocenters. The van der Waals surface area contributed by atoms with Gasteiger partial charge in [0.2, 0.25) is 5.91 Å². The molecule has 1 heterocycles. The number of carbonyl (C=O) groups is 1. The minimum atomic E-state index is 0.188. The molecule has 0 aromatic rings. The van der Waals surface area contributed by atoms with E-state index in [4.69, 9.17) is 0 Å². The maximum Gasteiger partial charge on any atom is 0.234 e. The topological polar surface area (TPSA) is 32.3 Å². The van der Waals surface area contributed by atoms with Crippen molar-refractivity contribution in [3.05, 3.63) is 0 Å². The van der Waals surface area contributed by atoms with Gasteiger partial charge in [0.05, 0.1) is 6.54 Å². The minimum Gasteiger partial charge on any atom is -0.350 e. The molecular weight excluding hydrogens is 296 g/mol. The predicted octanol–water partition coefficient (Wildman–Crippen LogP) is 3.73. The number of hydrogen-bond acceptors (Lipinski definition) is 2. The number of piperidine rings is 1. The summed E-state index contributed by atoms with van der Waals surface area (Å²) in [5.41, 5.74) is 0.188. The summed E-state index contributed by atoms with van der Waals surface area (Å²) in [7, 11) is 0. The van der Waals surface area contributed by atoms with Gasteiger partial charge in [0, 0.05) is 11.6 Å². The summed E-state index contributed by atoms with van der Waals surface area (Å²) in [5.74, 6) is 3.95. The van der Waals surface area contributed by atoms with Gasteiger partial charge in [-0.05, 0) is 94.4 Å². The van der Waals surface area contributed by atoms with Crippen LogP contribution in [0.1, 0.15) is 77.0 Å². The number of nitrogens with zero attached hydrogens (tertiary/aromatic N) is 1. The molecule has 24 heavy (non-hydrogen) atoms. The lowest BCUT2D eigenvalue weighted by Gasteiger charge is -2.57. The third-order valence-electron chi connectivity index (χ3n) is 8.15. The van der Waals surface area contributed by atoms with Crippen molar-refractivity contribution in [2.24, 2.45) is 23.7 Å². The number of hydrogen-bond donors (Lipinski definition) is 1. The molecule has 4 bridgehead atoms. The molecule has 0 aromatic heterocycles. The second-order valence-electron chi connectivity index (χ2n) is 9.97. The highest BCUT2D eigenvalue weighted by molar-refractivity contribution is 5.79. The van der Waals surface area contributed by atoms with E-state index in [1.54, 1.807) is 0 Å². The normalized spacial score (nSPS) is 47.4. The van der Waals surface area contributed by atoms with Crippen LogP contribution in [0.15, 0.2) is 0 Å². The standard InChI is InChI=1S/C21H34N2O/c24-20(14-23-7-3-5-18-4-1-2-6-19(18)23)22-21-11-15-8-16(12-21)10-17(9-15)13-21/h15-19H,1-14H2,(H,22,24)/t15?,16?,17?,18-,19-,21?/m1/s1. The Morgan fingerprint density at radius 2 is 1.54 bits per heavy atom. The van der Waals surface area contributed by atoms with Gasteiger partial charge in [-0.2, -0.15) is 0 Å². The summed E-state index contributed by atoms with van der Waals surface area (Å²) in [6, 6.07) is 0.703. The third kappa shape index (κ3) is 2.81. The molecule has 0 spiro atoms. The van der Waals surface area contributed by atoms with Crippen LogP contribution in [0.4, 0.5) is 0 Å². The van der Waals surface area contributed by atoms with Gasteiger partial charge in [0.1, 0.15) is 0 Å². The third-order valence-corrected chi connectivity index (χ3v) is 8.15. The Morgan fingerprint density at radius 3 is 2.25 bits per heavy atom. The van der Waals surface area contributed by atoms with Crippen molar-refractivity contribution in [1.82, 2.24) is 10.2 Å². The highest BCUT2D eigenvalue weighted by Crippen LogP contribution is 2.55. The number of rotatable bonds is 3. The SMILES string of the molecule is O=C(CN1CCC[C@H]2CCCC[C@H]21)NC12CC3CC(CC(C3)C1)C2. The Kier molecular flexibility index (Phi) is 3.92. The highest BCUT2D eigenvalue weighted by atomic mass is 16.2. The van der Waals surface area contributed by atoms with E-state index in [0.29, 0.717) is 18.5 Å². The van der Waals surface area contributed by atoms with Gasteiger partial charge in [0.25, 0.3) is 0 Å². The molecular formula is C21H34N2O. The summed E-state index contributed by atoms with van der Waals surface area (Å²) in [5, 5.41) is 3.59. The molecule has 1 saturated heterocycles. The molecule has 0 unspecified atom stereocenters. The molecule has 1 amide bonds. The van der Waals surface area contributed by atoms with Crippen molar-refractivity contribution < 1.29 is 4.79 Å². The zero-order chi connectivity index (χ0) is 16.1. The summed E-state index contributed by atoms with van der Waals surface area (Å²) in [6.07, 6.45) is 16.4. The van der Waals surface area contributed by atoms with Crippen LogP contribution in [0.5, 0.6) is 0 Å². The Balaban J connectivity index is 1.23. The second-order valence-corrected chi connectivity index (χ2v) is 9.97.